The molecule has 1 aliphatic rings. The monoisotopic (exact) mass is 427 g/mol. The highest BCUT2D eigenvalue weighted by molar-refractivity contribution is 7.86. The molecule has 10 heteroatoms. The van der Waals surface area contributed by atoms with Crippen molar-refractivity contribution in [3.05, 3.63) is 66.2 Å². The summed E-state index contributed by atoms with van der Waals surface area (Å²) in [5.41, 5.74) is 2.03. The van der Waals surface area contributed by atoms with Crippen LogP contribution in [0.3, 0.4) is 0 Å². The lowest BCUT2D eigenvalue weighted by atomic mass is 10.1. The Morgan fingerprint density at radius 2 is 1.77 bits per heavy atom. The summed E-state index contributed by atoms with van der Waals surface area (Å²) in [6, 6.07) is 17.7. The number of aliphatic hydroxyl groups is 1. The normalized spacial score (nSPS) is 19.1. The van der Waals surface area contributed by atoms with Gasteiger partial charge in [0.2, 0.25) is 5.96 Å². The van der Waals surface area contributed by atoms with Gasteiger partial charge in [-0.1, -0.05) is 48.0 Å². The topological polar surface area (TPSA) is 135 Å². The zero-order valence-electron chi connectivity index (χ0n) is 16.0. The second-order valence-electron chi connectivity index (χ2n) is 6.87. The molecule has 156 valence electrons. The number of nitrogens with zero attached hydrogens (tertiary/aromatic N) is 1. The van der Waals surface area contributed by atoms with Crippen LogP contribution in [0.2, 0.25) is 0 Å². The fourth-order valence-electron chi connectivity index (χ4n) is 3.22. The average Bonchev–Trinajstić information content (AvgIpc) is 2.68. The molecule has 0 spiro atoms. The molecule has 3 aromatic rings. The van der Waals surface area contributed by atoms with Crippen LogP contribution in [0.15, 0.2) is 70.6 Å². The number of hydrogen-bond acceptors (Lipinski definition) is 8. The van der Waals surface area contributed by atoms with Gasteiger partial charge in [0.05, 0.1) is 5.69 Å². The highest BCUT2D eigenvalue weighted by Crippen LogP contribution is 2.31. The molecule has 6 N–H and O–H groups in total. The molecule has 0 aliphatic carbocycles. The van der Waals surface area contributed by atoms with Crippen molar-refractivity contribution in [2.24, 2.45) is 4.99 Å². The Kier molecular flexibility index (Phi) is 5.31. The molecule has 0 saturated carbocycles. The molecule has 9 nitrogen and oxygen atoms in total. The molecule has 30 heavy (non-hydrogen) atoms. The zero-order valence-corrected chi connectivity index (χ0v) is 16.8. The molecule has 2 atom stereocenters. The van der Waals surface area contributed by atoms with Crippen LogP contribution in [0.1, 0.15) is 5.56 Å². The summed E-state index contributed by atoms with van der Waals surface area (Å²) in [6.07, 6.45) is -2.00. The summed E-state index contributed by atoms with van der Waals surface area (Å²) in [6.45, 7) is 1.98. The van der Waals surface area contributed by atoms with E-state index in [0.717, 1.165) is 11.3 Å². The van der Waals surface area contributed by atoms with Gasteiger partial charge in [-0.05, 0) is 30.5 Å². The molecule has 3 aromatic carbocycles. The van der Waals surface area contributed by atoms with Crippen LogP contribution in [-0.4, -0.2) is 36.7 Å². The molecule has 0 saturated heterocycles. The van der Waals surface area contributed by atoms with E-state index in [1.165, 1.54) is 0 Å². The quantitative estimate of drug-likeness (QED) is 0.348. The third kappa shape index (κ3) is 4.36. The number of benzene rings is 3. The third-order valence-corrected chi connectivity index (χ3v) is 5.55. The van der Waals surface area contributed by atoms with Gasteiger partial charge in [0.25, 0.3) is 10.1 Å². The van der Waals surface area contributed by atoms with Gasteiger partial charge in [0.1, 0.15) is 4.90 Å². The first-order valence-corrected chi connectivity index (χ1v) is 10.6. The highest BCUT2D eigenvalue weighted by Gasteiger charge is 2.24. The third-order valence-electron chi connectivity index (χ3n) is 4.59. The van der Waals surface area contributed by atoms with Crippen LogP contribution < -0.4 is 21.3 Å². The van der Waals surface area contributed by atoms with Crippen LogP contribution in [0.5, 0.6) is 0 Å². The minimum atomic E-state index is -4.52. The van der Waals surface area contributed by atoms with E-state index in [1.807, 2.05) is 31.2 Å². The summed E-state index contributed by atoms with van der Waals surface area (Å²) in [5.74, 6) is 0.289. The molecule has 0 fully saturated rings. The molecule has 1 aliphatic heterocycles. The fraction of sp³-hybridized carbons (Fsp3) is 0.150. The first-order valence-electron chi connectivity index (χ1n) is 9.17. The van der Waals surface area contributed by atoms with Crippen LogP contribution in [0.4, 0.5) is 11.4 Å². The van der Waals surface area contributed by atoms with Gasteiger partial charge in [-0.2, -0.15) is 8.42 Å². The Balaban J connectivity index is 1.66. The van der Waals surface area contributed by atoms with Gasteiger partial charge >= 0.3 is 0 Å². The number of aliphatic hydroxyl groups excluding tert-OH is 1. The summed E-state index contributed by atoms with van der Waals surface area (Å²) >= 11 is 0. The molecular weight excluding hydrogens is 406 g/mol. The Morgan fingerprint density at radius 1 is 1.03 bits per heavy atom. The lowest BCUT2D eigenvalue weighted by Crippen LogP contribution is -2.58. The van der Waals surface area contributed by atoms with Crippen molar-refractivity contribution in [2.45, 2.75) is 24.5 Å². The molecule has 0 bridgehead atoms. The van der Waals surface area contributed by atoms with E-state index < -0.39 is 22.8 Å². The summed E-state index contributed by atoms with van der Waals surface area (Å²) in [7, 11) is -4.52. The minimum absolute atomic E-state index is 0.154. The van der Waals surface area contributed by atoms with Crippen molar-refractivity contribution in [1.29, 1.82) is 0 Å². The Bertz CT molecular complexity index is 1210. The van der Waals surface area contributed by atoms with E-state index >= 15 is 0 Å². The van der Waals surface area contributed by atoms with E-state index in [-0.39, 0.29) is 16.5 Å². The van der Waals surface area contributed by atoms with Crippen molar-refractivity contribution >= 4 is 38.2 Å². The molecule has 0 radical (unpaired) electrons. The van der Waals surface area contributed by atoms with Gasteiger partial charge in [-0.15, -0.1) is 0 Å². The van der Waals surface area contributed by atoms with E-state index in [2.05, 4.69) is 26.3 Å². The smallest absolute Gasteiger partial charge is 0.297 e. The first kappa shape index (κ1) is 20.1. The van der Waals surface area contributed by atoms with Gasteiger partial charge in [-0.3, -0.25) is 4.55 Å². The molecule has 0 amide bonds. The lowest BCUT2D eigenvalue weighted by molar-refractivity contribution is 0.105. The second-order valence-corrected chi connectivity index (χ2v) is 8.23. The lowest BCUT2D eigenvalue weighted by Gasteiger charge is -2.29. The average molecular weight is 427 g/mol. The molecular formula is C20H21N5O4S. The van der Waals surface area contributed by atoms with E-state index in [9.17, 15) is 18.1 Å². The van der Waals surface area contributed by atoms with E-state index in [4.69, 9.17) is 0 Å². The number of hydrogen-bond donors (Lipinski definition) is 6. The van der Waals surface area contributed by atoms with Crippen molar-refractivity contribution in [3.63, 3.8) is 0 Å². The molecule has 2 unspecified atom stereocenters. The maximum absolute atomic E-state index is 12.1. The van der Waals surface area contributed by atoms with Crippen LogP contribution >= 0.6 is 0 Å². The predicted molar refractivity (Wildman–Crippen MR) is 116 cm³/mol. The van der Waals surface area contributed by atoms with Crippen molar-refractivity contribution in [3.8, 4) is 0 Å². The number of rotatable bonds is 4. The van der Waals surface area contributed by atoms with E-state index in [1.54, 1.807) is 36.4 Å². The fourth-order valence-corrected chi connectivity index (χ4v) is 4.09. The molecule has 0 aromatic heterocycles. The Labute approximate surface area is 173 Å². The maximum atomic E-state index is 12.1. The SMILES string of the molecule is Cc1ccc(NC2=NC(Nc3ccc4ccccc4c3S(=O)(=O)O)NC(O)N2)cc1. The number of anilines is 2. The Hall–Kier alpha value is -3.18. The number of nitrogens with one attached hydrogen (secondary N) is 4. The van der Waals surface area contributed by atoms with Crippen LogP contribution in [-0.2, 0) is 10.1 Å². The standard InChI is InChI=1S/C20H21N5O4S/c1-12-6-9-14(10-7-12)21-18-23-19(25-20(26)24-18)22-16-11-8-13-4-2-3-5-15(13)17(16)30(27,28)29/h2-11,19-20,22,25-26H,1H3,(H2,21,23,24)(H,27,28,29). The number of guanidine groups is 1. The predicted octanol–water partition coefficient (Wildman–Crippen LogP) is 2.03. The zero-order chi connectivity index (χ0) is 21.3. The largest absolute Gasteiger partial charge is 0.361 e. The molecule has 4 rings (SSSR count). The van der Waals surface area contributed by atoms with E-state index in [0.29, 0.717) is 10.8 Å². The highest BCUT2D eigenvalue weighted by atomic mass is 32.2. The van der Waals surface area contributed by atoms with Gasteiger partial charge in [-0.25, -0.2) is 10.3 Å². The van der Waals surface area contributed by atoms with Crippen molar-refractivity contribution < 1.29 is 18.1 Å². The first-order chi connectivity index (χ1) is 14.3. The minimum Gasteiger partial charge on any atom is -0.361 e. The summed E-state index contributed by atoms with van der Waals surface area (Å²) < 4.78 is 34.0. The van der Waals surface area contributed by atoms with Crippen LogP contribution in [0.25, 0.3) is 10.8 Å². The second kappa shape index (κ2) is 7.92. The van der Waals surface area contributed by atoms with Crippen molar-refractivity contribution in [1.82, 2.24) is 10.6 Å². The number of fused-ring (bicyclic) bond motifs is 1. The summed E-state index contributed by atoms with van der Waals surface area (Å²) in [5, 5.41) is 22.6. The maximum Gasteiger partial charge on any atom is 0.297 e. The van der Waals surface area contributed by atoms with Crippen molar-refractivity contribution in [2.75, 3.05) is 10.6 Å². The Morgan fingerprint density at radius 3 is 2.50 bits per heavy atom. The van der Waals surface area contributed by atoms with Gasteiger partial charge < -0.3 is 21.1 Å². The molecule has 1 heterocycles. The van der Waals surface area contributed by atoms with Gasteiger partial charge in [0.15, 0.2) is 12.6 Å². The number of aliphatic imine (C=N–C) groups is 1. The van der Waals surface area contributed by atoms with Gasteiger partial charge in [0, 0.05) is 11.1 Å². The summed E-state index contributed by atoms with van der Waals surface area (Å²) in [4.78, 5) is 4.13. The number of aryl methyl sites for hydroxylation is 1. The van der Waals surface area contributed by atoms with Crippen LogP contribution in [0, 0.1) is 6.92 Å².